The predicted octanol–water partition coefficient (Wildman–Crippen LogP) is 2.71. The second kappa shape index (κ2) is 8.78. The molecule has 2 amide bonds. The lowest BCUT2D eigenvalue weighted by molar-refractivity contribution is 0.217. The fraction of sp³-hybridized carbons (Fsp3) is 0.611. The zero-order valence-corrected chi connectivity index (χ0v) is 15.3. The molecule has 6 heteroatoms. The van der Waals surface area contributed by atoms with Crippen LogP contribution < -0.4 is 15.0 Å². The van der Waals surface area contributed by atoms with Crippen molar-refractivity contribution >= 4 is 17.4 Å². The van der Waals surface area contributed by atoms with Crippen molar-refractivity contribution in [2.75, 3.05) is 63.1 Å². The third-order valence-corrected chi connectivity index (χ3v) is 4.43. The van der Waals surface area contributed by atoms with E-state index in [0.29, 0.717) is 19.7 Å². The van der Waals surface area contributed by atoms with E-state index in [1.807, 2.05) is 32.9 Å². The lowest BCUT2D eigenvalue weighted by Crippen LogP contribution is -2.44. The molecule has 1 aliphatic rings. The largest absolute Gasteiger partial charge is 0.492 e. The van der Waals surface area contributed by atoms with Crippen molar-refractivity contribution in [2.45, 2.75) is 20.8 Å². The van der Waals surface area contributed by atoms with Gasteiger partial charge in [0.1, 0.15) is 5.75 Å². The molecular weight excluding hydrogens is 304 g/mol. The van der Waals surface area contributed by atoms with Crippen LogP contribution in [0, 0.1) is 0 Å². The van der Waals surface area contributed by atoms with E-state index in [-0.39, 0.29) is 6.03 Å². The van der Waals surface area contributed by atoms with Gasteiger partial charge in [0, 0.05) is 51.0 Å². The first-order chi connectivity index (χ1) is 11.6. The van der Waals surface area contributed by atoms with Crippen molar-refractivity contribution in [3.8, 4) is 5.75 Å². The fourth-order valence-electron chi connectivity index (χ4n) is 2.86. The summed E-state index contributed by atoms with van der Waals surface area (Å²) in [4.78, 5) is 18.7. The number of carbonyl (C=O) groups is 1. The highest BCUT2D eigenvalue weighted by molar-refractivity contribution is 5.91. The smallest absolute Gasteiger partial charge is 0.321 e. The van der Waals surface area contributed by atoms with E-state index in [0.717, 1.165) is 43.3 Å². The number of nitrogens with zero attached hydrogens (tertiary/aromatic N) is 3. The fourth-order valence-corrected chi connectivity index (χ4v) is 2.86. The van der Waals surface area contributed by atoms with Crippen LogP contribution in [-0.2, 0) is 0 Å². The van der Waals surface area contributed by atoms with Crippen LogP contribution in [-0.4, -0.2) is 68.8 Å². The molecule has 1 aromatic rings. The molecule has 0 aromatic heterocycles. The van der Waals surface area contributed by atoms with E-state index in [2.05, 4.69) is 28.2 Å². The van der Waals surface area contributed by atoms with Crippen LogP contribution in [0.4, 0.5) is 16.2 Å². The molecule has 0 atom stereocenters. The van der Waals surface area contributed by atoms with E-state index < -0.39 is 0 Å². The van der Waals surface area contributed by atoms with E-state index in [9.17, 15) is 4.79 Å². The number of nitrogens with one attached hydrogen (secondary N) is 1. The standard InChI is InChI=1S/C18H30N4O2/c1-5-21(6-2)18(23)19-16-9-8-15(14-17(16)24-7-3)22-12-10-20(4)11-13-22/h8-9,14H,5-7,10-13H2,1-4H3,(H,19,23). The Hall–Kier alpha value is -1.95. The van der Waals surface area contributed by atoms with Crippen LogP contribution in [0.1, 0.15) is 20.8 Å². The number of likely N-dealkylation sites (N-methyl/N-ethyl adjacent to an activating group) is 1. The number of piperazine rings is 1. The molecule has 1 heterocycles. The zero-order valence-electron chi connectivity index (χ0n) is 15.3. The molecule has 6 nitrogen and oxygen atoms in total. The highest BCUT2D eigenvalue weighted by Crippen LogP contribution is 2.31. The van der Waals surface area contributed by atoms with Crippen LogP contribution in [0.3, 0.4) is 0 Å². The Morgan fingerprint density at radius 3 is 2.42 bits per heavy atom. The summed E-state index contributed by atoms with van der Waals surface area (Å²) in [7, 11) is 2.15. The summed E-state index contributed by atoms with van der Waals surface area (Å²) in [6.07, 6.45) is 0. The van der Waals surface area contributed by atoms with Crippen LogP contribution in [0.15, 0.2) is 18.2 Å². The Kier molecular flexibility index (Phi) is 6.73. The molecule has 0 saturated carbocycles. The van der Waals surface area contributed by atoms with Gasteiger partial charge in [-0.1, -0.05) is 0 Å². The minimum atomic E-state index is -0.0895. The molecule has 0 aliphatic carbocycles. The molecule has 0 bridgehead atoms. The van der Waals surface area contributed by atoms with Crippen molar-refractivity contribution in [3.63, 3.8) is 0 Å². The Labute approximate surface area is 145 Å². The highest BCUT2D eigenvalue weighted by Gasteiger charge is 2.17. The average molecular weight is 334 g/mol. The van der Waals surface area contributed by atoms with Gasteiger partial charge < -0.3 is 24.8 Å². The summed E-state index contributed by atoms with van der Waals surface area (Å²) >= 11 is 0. The van der Waals surface area contributed by atoms with Crippen molar-refractivity contribution < 1.29 is 9.53 Å². The molecule has 1 aromatic carbocycles. The predicted molar refractivity (Wildman–Crippen MR) is 99.3 cm³/mol. The Morgan fingerprint density at radius 1 is 1.17 bits per heavy atom. The van der Waals surface area contributed by atoms with Crippen LogP contribution in [0.25, 0.3) is 0 Å². The number of ether oxygens (including phenoxy) is 1. The molecule has 1 saturated heterocycles. The number of carbonyl (C=O) groups excluding carboxylic acids is 1. The van der Waals surface area contributed by atoms with E-state index in [4.69, 9.17) is 4.74 Å². The molecule has 0 unspecified atom stereocenters. The normalized spacial score (nSPS) is 15.2. The quantitative estimate of drug-likeness (QED) is 0.869. The van der Waals surface area contributed by atoms with Gasteiger partial charge in [0.2, 0.25) is 0 Å². The van der Waals surface area contributed by atoms with Gasteiger partial charge in [-0.05, 0) is 40.0 Å². The van der Waals surface area contributed by atoms with Crippen molar-refractivity contribution in [1.82, 2.24) is 9.80 Å². The molecule has 134 valence electrons. The lowest BCUT2D eigenvalue weighted by Gasteiger charge is -2.34. The summed E-state index contributed by atoms with van der Waals surface area (Å²) in [6.45, 7) is 12.0. The molecular formula is C18H30N4O2. The van der Waals surface area contributed by atoms with Crippen LogP contribution >= 0.6 is 0 Å². The summed E-state index contributed by atoms with van der Waals surface area (Å²) in [5.41, 5.74) is 1.87. The number of hydrogen-bond acceptors (Lipinski definition) is 4. The maximum absolute atomic E-state index is 12.3. The van der Waals surface area contributed by atoms with E-state index >= 15 is 0 Å². The van der Waals surface area contributed by atoms with Crippen molar-refractivity contribution in [2.24, 2.45) is 0 Å². The Morgan fingerprint density at radius 2 is 1.83 bits per heavy atom. The van der Waals surface area contributed by atoms with Gasteiger partial charge in [-0.25, -0.2) is 4.79 Å². The van der Waals surface area contributed by atoms with Crippen molar-refractivity contribution in [3.05, 3.63) is 18.2 Å². The van der Waals surface area contributed by atoms with Gasteiger partial charge in [0.05, 0.1) is 12.3 Å². The Balaban J connectivity index is 2.15. The minimum Gasteiger partial charge on any atom is -0.492 e. The summed E-state index contributed by atoms with van der Waals surface area (Å²) in [5, 5.41) is 2.97. The lowest BCUT2D eigenvalue weighted by atomic mass is 10.2. The van der Waals surface area contributed by atoms with Gasteiger partial charge in [0.25, 0.3) is 0 Å². The average Bonchev–Trinajstić information content (AvgIpc) is 2.58. The number of benzene rings is 1. The number of amides is 2. The van der Waals surface area contributed by atoms with Gasteiger partial charge in [-0.3, -0.25) is 0 Å². The molecule has 24 heavy (non-hydrogen) atoms. The number of urea groups is 1. The topological polar surface area (TPSA) is 48.1 Å². The first-order valence-electron chi connectivity index (χ1n) is 8.85. The number of rotatable bonds is 6. The second-order valence-corrected chi connectivity index (χ2v) is 6.01. The highest BCUT2D eigenvalue weighted by atomic mass is 16.5. The molecule has 1 aliphatic heterocycles. The summed E-state index contributed by atoms with van der Waals surface area (Å²) < 4.78 is 5.77. The maximum atomic E-state index is 12.3. The molecule has 1 fully saturated rings. The third-order valence-electron chi connectivity index (χ3n) is 4.43. The molecule has 2 rings (SSSR count). The van der Waals surface area contributed by atoms with E-state index in [1.54, 1.807) is 4.90 Å². The van der Waals surface area contributed by atoms with Crippen LogP contribution in [0.2, 0.25) is 0 Å². The molecule has 0 radical (unpaired) electrons. The first kappa shape index (κ1) is 18.4. The van der Waals surface area contributed by atoms with Crippen molar-refractivity contribution in [1.29, 1.82) is 0 Å². The summed E-state index contributed by atoms with van der Waals surface area (Å²) in [6, 6.07) is 5.95. The Bertz CT molecular complexity index is 538. The summed E-state index contributed by atoms with van der Waals surface area (Å²) in [5.74, 6) is 0.731. The van der Waals surface area contributed by atoms with Crippen LogP contribution in [0.5, 0.6) is 5.75 Å². The SMILES string of the molecule is CCOc1cc(N2CCN(C)CC2)ccc1NC(=O)N(CC)CC. The molecule has 0 spiro atoms. The zero-order chi connectivity index (χ0) is 17.5. The minimum absolute atomic E-state index is 0.0895. The first-order valence-corrected chi connectivity index (χ1v) is 8.85. The van der Waals surface area contributed by atoms with Gasteiger partial charge >= 0.3 is 6.03 Å². The van der Waals surface area contributed by atoms with Gasteiger partial charge in [-0.15, -0.1) is 0 Å². The second-order valence-electron chi connectivity index (χ2n) is 6.01. The van der Waals surface area contributed by atoms with E-state index in [1.165, 1.54) is 0 Å². The monoisotopic (exact) mass is 334 g/mol. The third kappa shape index (κ3) is 4.54. The number of hydrogen-bond donors (Lipinski definition) is 1. The molecule has 1 N–H and O–H groups in total. The maximum Gasteiger partial charge on any atom is 0.321 e. The van der Waals surface area contributed by atoms with Gasteiger partial charge in [-0.2, -0.15) is 0 Å². The number of anilines is 2. The van der Waals surface area contributed by atoms with Gasteiger partial charge in [0.15, 0.2) is 0 Å².